The molecule has 2 nitrogen and oxygen atoms in total. The van der Waals surface area contributed by atoms with Gasteiger partial charge in [0, 0.05) is 13.2 Å². The average Bonchev–Trinajstić information content (AvgIpc) is 2.16. The van der Waals surface area contributed by atoms with E-state index in [1.54, 1.807) is 0 Å². The molecule has 2 heteroatoms. The number of nitrogens with two attached hydrogens (primary N) is 1. The van der Waals surface area contributed by atoms with Crippen LogP contribution in [-0.4, -0.2) is 19.3 Å². The minimum absolute atomic E-state index is 0.359. The molecule has 0 radical (unpaired) electrons. The molecule has 1 rings (SSSR count). The van der Waals surface area contributed by atoms with Gasteiger partial charge < -0.3 is 10.5 Å². The average molecular weight is 185 g/mol. The van der Waals surface area contributed by atoms with Crippen LogP contribution in [0.25, 0.3) is 0 Å². The maximum Gasteiger partial charge on any atom is 0.0574 e. The van der Waals surface area contributed by atoms with E-state index in [4.69, 9.17) is 10.5 Å². The number of hydrogen-bond acceptors (Lipinski definition) is 2. The van der Waals surface area contributed by atoms with Crippen LogP contribution in [0.1, 0.15) is 39.5 Å². The Balaban J connectivity index is 2.41. The monoisotopic (exact) mass is 185 g/mol. The summed E-state index contributed by atoms with van der Waals surface area (Å²) in [6, 6.07) is 0.359. The first kappa shape index (κ1) is 11.0. The molecule has 1 saturated carbocycles. The van der Waals surface area contributed by atoms with Crippen molar-refractivity contribution in [3.63, 3.8) is 0 Å². The van der Waals surface area contributed by atoms with Crippen molar-refractivity contribution < 1.29 is 4.74 Å². The zero-order chi connectivity index (χ0) is 9.84. The Kier molecular flexibility index (Phi) is 4.20. The number of rotatable bonds is 3. The molecule has 0 spiro atoms. The largest absolute Gasteiger partial charge is 0.381 e. The van der Waals surface area contributed by atoms with Crippen molar-refractivity contribution >= 4 is 0 Å². The van der Waals surface area contributed by atoms with Crippen LogP contribution in [0.5, 0.6) is 0 Å². The molecule has 0 aromatic rings. The minimum atomic E-state index is 0.359. The molecule has 13 heavy (non-hydrogen) atoms. The second kappa shape index (κ2) is 4.97. The highest BCUT2D eigenvalue weighted by molar-refractivity contribution is 4.82. The van der Waals surface area contributed by atoms with Gasteiger partial charge in [-0.2, -0.15) is 0 Å². The number of hydrogen-bond donors (Lipinski definition) is 1. The molecule has 1 aliphatic carbocycles. The first-order chi connectivity index (χ1) is 6.15. The van der Waals surface area contributed by atoms with Crippen LogP contribution >= 0.6 is 0 Å². The molecule has 3 unspecified atom stereocenters. The molecule has 2 N–H and O–H groups in total. The van der Waals surface area contributed by atoms with Crippen LogP contribution in [-0.2, 0) is 4.74 Å². The van der Waals surface area contributed by atoms with Gasteiger partial charge in [0.25, 0.3) is 0 Å². The van der Waals surface area contributed by atoms with Crippen LogP contribution in [0, 0.1) is 11.8 Å². The highest BCUT2D eigenvalue weighted by Crippen LogP contribution is 2.29. The lowest BCUT2D eigenvalue weighted by atomic mass is 9.79. The Bertz CT molecular complexity index is 147. The summed E-state index contributed by atoms with van der Waals surface area (Å²) in [4.78, 5) is 0. The summed E-state index contributed by atoms with van der Waals surface area (Å²) in [7, 11) is 1.81. The van der Waals surface area contributed by atoms with E-state index in [1.807, 2.05) is 7.11 Å². The van der Waals surface area contributed by atoms with Crippen molar-refractivity contribution in [1.29, 1.82) is 0 Å². The van der Waals surface area contributed by atoms with Gasteiger partial charge in [0.2, 0.25) is 0 Å². The van der Waals surface area contributed by atoms with Gasteiger partial charge in [0.05, 0.1) is 6.10 Å². The van der Waals surface area contributed by atoms with Crippen LogP contribution in [0.2, 0.25) is 0 Å². The van der Waals surface area contributed by atoms with Crippen molar-refractivity contribution in [1.82, 2.24) is 0 Å². The van der Waals surface area contributed by atoms with E-state index in [2.05, 4.69) is 13.8 Å². The standard InChI is InChI=1S/C11H23NO/c1-8(2)11(12)9-5-4-6-10(7-9)13-3/h8-11H,4-7,12H2,1-3H3. The molecule has 0 amide bonds. The molecule has 1 aliphatic rings. The van der Waals surface area contributed by atoms with Gasteiger partial charge in [0.1, 0.15) is 0 Å². The minimum Gasteiger partial charge on any atom is -0.381 e. The molecular formula is C11H23NO. The van der Waals surface area contributed by atoms with Crippen LogP contribution in [0.4, 0.5) is 0 Å². The van der Waals surface area contributed by atoms with Crippen molar-refractivity contribution in [2.75, 3.05) is 7.11 Å². The first-order valence-electron chi connectivity index (χ1n) is 5.43. The summed E-state index contributed by atoms with van der Waals surface area (Å²) >= 11 is 0. The number of methoxy groups -OCH3 is 1. The van der Waals surface area contributed by atoms with Gasteiger partial charge >= 0.3 is 0 Å². The van der Waals surface area contributed by atoms with Crippen molar-refractivity contribution in [2.24, 2.45) is 17.6 Å². The third-order valence-corrected chi connectivity index (χ3v) is 3.31. The lowest BCUT2D eigenvalue weighted by molar-refractivity contribution is 0.0416. The lowest BCUT2D eigenvalue weighted by Gasteiger charge is -2.33. The van der Waals surface area contributed by atoms with Crippen molar-refractivity contribution in [3.05, 3.63) is 0 Å². The maximum absolute atomic E-state index is 6.15. The van der Waals surface area contributed by atoms with E-state index in [1.165, 1.54) is 19.3 Å². The Morgan fingerprint density at radius 1 is 1.31 bits per heavy atom. The van der Waals surface area contributed by atoms with Gasteiger partial charge in [-0.25, -0.2) is 0 Å². The quantitative estimate of drug-likeness (QED) is 0.731. The molecule has 0 heterocycles. The molecule has 0 aliphatic heterocycles. The molecule has 3 atom stereocenters. The van der Waals surface area contributed by atoms with Gasteiger partial charge in [-0.1, -0.05) is 20.3 Å². The summed E-state index contributed by atoms with van der Waals surface area (Å²) in [6.45, 7) is 4.42. The molecular weight excluding hydrogens is 162 g/mol. The fourth-order valence-corrected chi connectivity index (χ4v) is 2.29. The smallest absolute Gasteiger partial charge is 0.0574 e. The van der Waals surface area contributed by atoms with Crippen LogP contribution in [0.15, 0.2) is 0 Å². The fraction of sp³-hybridized carbons (Fsp3) is 1.00. The first-order valence-corrected chi connectivity index (χ1v) is 5.43. The van der Waals surface area contributed by atoms with E-state index in [9.17, 15) is 0 Å². The normalized spacial score (nSPS) is 32.1. The highest BCUT2D eigenvalue weighted by atomic mass is 16.5. The van der Waals surface area contributed by atoms with Gasteiger partial charge in [-0.3, -0.25) is 0 Å². The third kappa shape index (κ3) is 2.96. The Hall–Kier alpha value is -0.0800. The highest BCUT2D eigenvalue weighted by Gasteiger charge is 2.27. The third-order valence-electron chi connectivity index (χ3n) is 3.31. The SMILES string of the molecule is COC1CCCC(C(N)C(C)C)C1. The van der Waals surface area contributed by atoms with E-state index < -0.39 is 0 Å². The molecule has 1 fully saturated rings. The second-order valence-electron chi connectivity index (χ2n) is 4.61. The van der Waals surface area contributed by atoms with Gasteiger partial charge in [0.15, 0.2) is 0 Å². The summed E-state index contributed by atoms with van der Waals surface area (Å²) in [5.41, 5.74) is 6.15. The zero-order valence-electron chi connectivity index (χ0n) is 9.12. The van der Waals surface area contributed by atoms with E-state index in [0.29, 0.717) is 24.0 Å². The zero-order valence-corrected chi connectivity index (χ0v) is 9.12. The van der Waals surface area contributed by atoms with Gasteiger partial charge in [-0.15, -0.1) is 0 Å². The Labute approximate surface area is 81.8 Å². The Morgan fingerprint density at radius 3 is 2.54 bits per heavy atom. The molecule has 0 aromatic heterocycles. The van der Waals surface area contributed by atoms with Crippen molar-refractivity contribution in [3.8, 4) is 0 Å². The lowest BCUT2D eigenvalue weighted by Crippen LogP contribution is -2.39. The van der Waals surface area contributed by atoms with Crippen LogP contribution in [0.3, 0.4) is 0 Å². The summed E-state index contributed by atoms with van der Waals surface area (Å²) in [6.07, 6.45) is 5.42. The molecule has 0 aromatic carbocycles. The predicted octanol–water partition coefficient (Wildman–Crippen LogP) is 2.17. The van der Waals surface area contributed by atoms with E-state index in [0.717, 1.165) is 6.42 Å². The van der Waals surface area contributed by atoms with E-state index >= 15 is 0 Å². The topological polar surface area (TPSA) is 35.2 Å². The van der Waals surface area contributed by atoms with Crippen LogP contribution < -0.4 is 5.73 Å². The van der Waals surface area contributed by atoms with Gasteiger partial charge in [-0.05, 0) is 31.1 Å². The fourth-order valence-electron chi connectivity index (χ4n) is 2.29. The predicted molar refractivity (Wildman–Crippen MR) is 55.6 cm³/mol. The maximum atomic E-state index is 6.15. The Morgan fingerprint density at radius 2 is 2.00 bits per heavy atom. The summed E-state index contributed by atoms with van der Waals surface area (Å²) in [5, 5.41) is 0. The molecule has 0 saturated heterocycles. The van der Waals surface area contributed by atoms with E-state index in [-0.39, 0.29) is 0 Å². The number of ether oxygens (including phenoxy) is 1. The summed E-state index contributed by atoms with van der Waals surface area (Å²) < 4.78 is 5.40. The second-order valence-corrected chi connectivity index (χ2v) is 4.61. The molecule has 0 bridgehead atoms. The summed E-state index contributed by atoms with van der Waals surface area (Å²) in [5.74, 6) is 1.28. The van der Waals surface area contributed by atoms with Crippen molar-refractivity contribution in [2.45, 2.75) is 51.7 Å². The molecule has 78 valence electrons.